The average molecular weight is 246 g/mol. The highest BCUT2D eigenvalue weighted by Crippen LogP contribution is 2.18. The van der Waals surface area contributed by atoms with Gasteiger partial charge >= 0.3 is 5.97 Å². The van der Waals surface area contributed by atoms with Gasteiger partial charge in [-0.15, -0.1) is 0 Å². The number of rotatable bonds is 4. The normalized spacial score (nSPS) is 10.6. The number of fused-ring (bicyclic) bond motifs is 1. The highest BCUT2D eigenvalue weighted by Gasteiger charge is 2.17. The number of Topliss-reactive ketones (excluding diaryl/α,β-unsaturated/α-hetero) is 1. The zero-order valence-corrected chi connectivity index (χ0v) is 10.3. The molecule has 0 fully saturated rings. The maximum absolute atomic E-state index is 11.7. The lowest BCUT2D eigenvalue weighted by molar-refractivity contribution is -0.144. The first-order valence-corrected chi connectivity index (χ1v) is 5.75. The number of carbonyl (C=O) groups excluding carboxylic acids is 2. The fourth-order valence-electron chi connectivity index (χ4n) is 1.89. The standard InChI is InChI=1S/C13H14N2O3/c1-3-18-12(17)8-15-13(9(2)16)10-6-4-5-7-11(10)14-15/h4-7H,3,8H2,1-2H3. The molecule has 0 amide bonds. The molecule has 2 aromatic rings. The molecule has 0 spiro atoms. The molecule has 0 aliphatic heterocycles. The number of ketones is 1. The molecular weight excluding hydrogens is 232 g/mol. The number of esters is 1. The molecule has 0 N–H and O–H groups in total. The van der Waals surface area contributed by atoms with Crippen LogP contribution in [0.4, 0.5) is 0 Å². The van der Waals surface area contributed by atoms with Crippen LogP contribution in [-0.4, -0.2) is 28.1 Å². The summed E-state index contributed by atoms with van der Waals surface area (Å²) >= 11 is 0. The van der Waals surface area contributed by atoms with E-state index in [-0.39, 0.29) is 12.3 Å². The third-order valence-electron chi connectivity index (χ3n) is 2.56. The Morgan fingerprint density at radius 3 is 2.72 bits per heavy atom. The third-order valence-corrected chi connectivity index (χ3v) is 2.56. The fourth-order valence-corrected chi connectivity index (χ4v) is 1.89. The summed E-state index contributed by atoms with van der Waals surface area (Å²) in [6, 6.07) is 7.31. The second-order valence-electron chi connectivity index (χ2n) is 3.88. The average Bonchev–Trinajstić information content (AvgIpc) is 2.66. The molecule has 0 saturated heterocycles. The quantitative estimate of drug-likeness (QED) is 0.609. The minimum Gasteiger partial charge on any atom is -0.465 e. The van der Waals surface area contributed by atoms with Crippen LogP contribution in [0, 0.1) is 0 Å². The highest BCUT2D eigenvalue weighted by atomic mass is 16.5. The molecule has 1 aromatic heterocycles. The lowest BCUT2D eigenvalue weighted by atomic mass is 10.1. The summed E-state index contributed by atoms with van der Waals surface area (Å²) in [5, 5.41) is 5.01. The van der Waals surface area contributed by atoms with Gasteiger partial charge in [-0.05, 0) is 13.0 Å². The molecule has 0 unspecified atom stereocenters. The van der Waals surface area contributed by atoms with Crippen molar-refractivity contribution in [3.05, 3.63) is 30.0 Å². The van der Waals surface area contributed by atoms with E-state index in [4.69, 9.17) is 4.74 Å². The van der Waals surface area contributed by atoms with Crippen LogP contribution in [-0.2, 0) is 16.1 Å². The van der Waals surface area contributed by atoms with Crippen molar-refractivity contribution in [2.45, 2.75) is 20.4 Å². The Hall–Kier alpha value is -2.17. The van der Waals surface area contributed by atoms with Crippen LogP contribution < -0.4 is 0 Å². The molecule has 0 saturated carbocycles. The lowest BCUT2D eigenvalue weighted by Crippen LogP contribution is -2.17. The fraction of sp³-hybridized carbons (Fsp3) is 0.308. The van der Waals surface area contributed by atoms with Gasteiger partial charge < -0.3 is 4.74 Å². The van der Waals surface area contributed by atoms with Gasteiger partial charge in [0.25, 0.3) is 0 Å². The molecule has 0 bridgehead atoms. The van der Waals surface area contributed by atoms with Crippen molar-refractivity contribution in [3.63, 3.8) is 0 Å². The van der Waals surface area contributed by atoms with Crippen molar-refractivity contribution in [1.82, 2.24) is 9.78 Å². The Kier molecular flexibility index (Phi) is 3.41. The molecule has 5 heteroatoms. The topological polar surface area (TPSA) is 61.2 Å². The van der Waals surface area contributed by atoms with Crippen LogP contribution >= 0.6 is 0 Å². The first-order chi connectivity index (χ1) is 8.63. The van der Waals surface area contributed by atoms with Crippen LogP contribution in [0.1, 0.15) is 24.3 Å². The number of nitrogens with zero attached hydrogens (tertiary/aromatic N) is 2. The molecule has 0 aliphatic rings. The van der Waals surface area contributed by atoms with Crippen LogP contribution in [0.2, 0.25) is 0 Å². The Morgan fingerprint density at radius 1 is 1.33 bits per heavy atom. The van der Waals surface area contributed by atoms with E-state index in [1.807, 2.05) is 24.3 Å². The summed E-state index contributed by atoms with van der Waals surface area (Å²) in [4.78, 5) is 23.1. The maximum atomic E-state index is 11.7. The molecule has 5 nitrogen and oxygen atoms in total. The van der Waals surface area contributed by atoms with Crippen molar-refractivity contribution >= 4 is 22.7 Å². The Labute approximate surface area is 104 Å². The van der Waals surface area contributed by atoms with Gasteiger partial charge in [0.05, 0.1) is 12.1 Å². The number of aromatic nitrogens is 2. The van der Waals surface area contributed by atoms with Crippen molar-refractivity contribution in [2.75, 3.05) is 6.61 Å². The predicted molar refractivity (Wildman–Crippen MR) is 66.4 cm³/mol. The largest absolute Gasteiger partial charge is 0.465 e. The lowest BCUT2D eigenvalue weighted by Gasteiger charge is -2.04. The van der Waals surface area contributed by atoms with Gasteiger partial charge in [0.15, 0.2) is 5.78 Å². The zero-order valence-electron chi connectivity index (χ0n) is 10.3. The smallest absolute Gasteiger partial charge is 0.327 e. The number of hydrogen-bond acceptors (Lipinski definition) is 4. The van der Waals surface area contributed by atoms with Gasteiger partial charge in [-0.2, -0.15) is 5.10 Å². The van der Waals surface area contributed by atoms with Crippen LogP contribution in [0.25, 0.3) is 10.9 Å². The van der Waals surface area contributed by atoms with E-state index in [1.165, 1.54) is 11.6 Å². The monoisotopic (exact) mass is 246 g/mol. The summed E-state index contributed by atoms with van der Waals surface area (Å²) in [7, 11) is 0. The van der Waals surface area contributed by atoms with E-state index >= 15 is 0 Å². The summed E-state index contributed by atoms with van der Waals surface area (Å²) in [5.74, 6) is -0.513. The van der Waals surface area contributed by atoms with Gasteiger partial charge in [0.1, 0.15) is 12.2 Å². The van der Waals surface area contributed by atoms with E-state index in [1.54, 1.807) is 6.92 Å². The van der Waals surface area contributed by atoms with Crippen molar-refractivity contribution in [2.24, 2.45) is 0 Å². The molecule has 18 heavy (non-hydrogen) atoms. The molecule has 0 atom stereocenters. The van der Waals surface area contributed by atoms with E-state index in [0.29, 0.717) is 17.8 Å². The van der Waals surface area contributed by atoms with Gasteiger partial charge in [-0.3, -0.25) is 9.59 Å². The summed E-state index contributed by atoms with van der Waals surface area (Å²) in [6.07, 6.45) is 0. The molecule has 0 aliphatic carbocycles. The molecular formula is C13H14N2O3. The third kappa shape index (κ3) is 2.25. The summed E-state index contributed by atoms with van der Waals surface area (Å²) in [6.45, 7) is 3.47. The second kappa shape index (κ2) is 5.00. The van der Waals surface area contributed by atoms with E-state index in [0.717, 1.165) is 5.39 Å². The maximum Gasteiger partial charge on any atom is 0.327 e. The minimum atomic E-state index is -0.396. The SMILES string of the molecule is CCOC(=O)Cn1nc2ccccc2c1C(C)=O. The van der Waals surface area contributed by atoms with Crippen LogP contribution in [0.15, 0.2) is 24.3 Å². The summed E-state index contributed by atoms with van der Waals surface area (Å²) < 4.78 is 6.27. The first kappa shape index (κ1) is 12.3. The van der Waals surface area contributed by atoms with Gasteiger partial charge in [-0.25, -0.2) is 4.68 Å². The molecule has 1 aromatic carbocycles. The Bertz CT molecular complexity index is 601. The Balaban J connectivity index is 2.46. The van der Waals surface area contributed by atoms with Crippen molar-refractivity contribution < 1.29 is 14.3 Å². The molecule has 0 radical (unpaired) electrons. The first-order valence-electron chi connectivity index (χ1n) is 5.75. The van der Waals surface area contributed by atoms with E-state index < -0.39 is 5.97 Å². The van der Waals surface area contributed by atoms with Gasteiger partial charge in [0, 0.05) is 12.3 Å². The summed E-state index contributed by atoms with van der Waals surface area (Å²) in [5.41, 5.74) is 1.14. The van der Waals surface area contributed by atoms with Crippen molar-refractivity contribution in [3.8, 4) is 0 Å². The van der Waals surface area contributed by atoms with E-state index in [2.05, 4.69) is 5.10 Å². The van der Waals surface area contributed by atoms with Gasteiger partial charge in [-0.1, -0.05) is 18.2 Å². The second-order valence-corrected chi connectivity index (χ2v) is 3.88. The Morgan fingerprint density at radius 2 is 2.06 bits per heavy atom. The minimum absolute atomic E-state index is 0.0442. The molecule has 1 heterocycles. The number of carbonyl (C=O) groups is 2. The zero-order chi connectivity index (χ0) is 13.1. The van der Waals surface area contributed by atoms with Crippen LogP contribution in [0.3, 0.4) is 0 Å². The predicted octanol–water partition coefficient (Wildman–Crippen LogP) is 1.80. The van der Waals surface area contributed by atoms with Gasteiger partial charge in [0.2, 0.25) is 0 Å². The number of hydrogen-bond donors (Lipinski definition) is 0. The van der Waals surface area contributed by atoms with E-state index in [9.17, 15) is 9.59 Å². The molecule has 94 valence electrons. The van der Waals surface area contributed by atoms with Crippen LogP contribution in [0.5, 0.6) is 0 Å². The highest BCUT2D eigenvalue weighted by molar-refractivity contribution is 6.05. The number of benzene rings is 1. The van der Waals surface area contributed by atoms with Crippen molar-refractivity contribution in [1.29, 1.82) is 0 Å². The number of ether oxygens (including phenoxy) is 1. The molecule has 2 rings (SSSR count).